The number of sulfone groups is 2. The van der Waals surface area contributed by atoms with Crippen molar-refractivity contribution in [2.75, 3.05) is 5.08 Å². The molecule has 192 valence electrons. The van der Waals surface area contributed by atoms with Crippen molar-refractivity contribution in [3.63, 3.8) is 0 Å². The van der Waals surface area contributed by atoms with Crippen LogP contribution in [0.5, 0.6) is 0 Å². The third-order valence-corrected chi connectivity index (χ3v) is 7.81. The van der Waals surface area contributed by atoms with Crippen LogP contribution in [0.15, 0.2) is 10.3 Å². The maximum Gasteiger partial charge on any atom is 0.219 e. The van der Waals surface area contributed by atoms with Gasteiger partial charge >= 0.3 is 0 Å². The quantitative estimate of drug-likeness (QED) is 0.278. The number of hydrogen-bond acceptors (Lipinski definition) is 4. The van der Waals surface area contributed by atoms with Gasteiger partial charge in [-0.3, -0.25) is 0 Å². The molecule has 0 aromatic heterocycles. The predicted octanol–water partition coefficient (Wildman–Crippen LogP) is 5.10. The van der Waals surface area contributed by atoms with E-state index in [0.29, 0.717) is 0 Å². The Morgan fingerprint density at radius 1 is 0.457 bits per heavy atom. The van der Waals surface area contributed by atoms with Crippen LogP contribution in [0.3, 0.4) is 0 Å². The van der Waals surface area contributed by atoms with Crippen molar-refractivity contribution in [1.29, 1.82) is 0 Å². The summed E-state index contributed by atoms with van der Waals surface area (Å²) in [6.45, 7) is 0. The van der Waals surface area contributed by atoms with Crippen LogP contribution < -0.4 is 0 Å². The van der Waals surface area contributed by atoms with Crippen molar-refractivity contribution in [1.82, 2.24) is 0 Å². The van der Waals surface area contributed by atoms with Gasteiger partial charge < -0.3 is 0 Å². The van der Waals surface area contributed by atoms with E-state index in [1.165, 1.54) is 0 Å². The summed E-state index contributed by atoms with van der Waals surface area (Å²) in [5.74, 6) is -26.9. The Labute approximate surface area is 186 Å². The molecule has 0 radical (unpaired) electrons. The molecule has 2 rings (SSSR count). The molecule has 0 saturated heterocycles. The van der Waals surface area contributed by atoms with Crippen molar-refractivity contribution in [3.05, 3.63) is 79.6 Å². The van der Waals surface area contributed by atoms with E-state index in [2.05, 4.69) is 0 Å². The van der Waals surface area contributed by atoms with Crippen molar-refractivity contribution in [3.8, 4) is 0 Å². The Morgan fingerprint density at radius 3 is 0.886 bits per heavy atom. The van der Waals surface area contributed by atoms with E-state index >= 15 is 0 Å². The Hall–Kier alpha value is -3.02. The van der Waals surface area contributed by atoms with Crippen LogP contribution in [-0.2, 0) is 19.7 Å². The van der Waals surface area contributed by atoms with Gasteiger partial charge in [0.05, 0.1) is 11.1 Å². The first-order chi connectivity index (χ1) is 15.8. The summed E-state index contributed by atoms with van der Waals surface area (Å²) in [6, 6.07) is 0. The van der Waals surface area contributed by atoms with E-state index in [0.717, 1.165) is 0 Å². The maximum atomic E-state index is 14.0. The summed E-state index contributed by atoms with van der Waals surface area (Å²) >= 11 is 0. The van der Waals surface area contributed by atoms with E-state index in [9.17, 15) is 69.5 Å². The van der Waals surface area contributed by atoms with Gasteiger partial charge in [0.25, 0.3) is 0 Å². The molecule has 0 heterocycles. The summed E-state index contributed by atoms with van der Waals surface area (Å²) in [4.78, 5) is 0. The van der Waals surface area contributed by atoms with Crippen LogP contribution in [0.1, 0.15) is 11.1 Å². The lowest BCUT2D eigenvalue weighted by Gasteiger charge is -2.07. The van der Waals surface area contributed by atoms with Crippen LogP contribution in [0, 0.1) is 58.2 Å². The highest BCUT2D eigenvalue weighted by Gasteiger charge is 2.33. The first-order valence-electron chi connectivity index (χ1n) is 8.07. The Balaban J connectivity index is 2.54. The molecule has 2 aromatic rings. The second-order valence-corrected chi connectivity index (χ2v) is 10.4. The van der Waals surface area contributed by atoms with Crippen LogP contribution in [-0.4, -0.2) is 21.9 Å². The second-order valence-electron chi connectivity index (χ2n) is 6.21. The van der Waals surface area contributed by atoms with Gasteiger partial charge in [0, 0.05) is 0 Å². The molecular weight excluding hydrogens is 560 g/mol. The largest absolute Gasteiger partial charge is 0.220 e. The molecule has 0 aliphatic carbocycles. The smallest absolute Gasteiger partial charge is 0.219 e. The lowest BCUT2D eigenvalue weighted by Crippen LogP contribution is -2.17. The van der Waals surface area contributed by atoms with Crippen LogP contribution in [0.4, 0.5) is 52.7 Å². The minimum atomic E-state index is -6.01. The van der Waals surface area contributed by atoms with Crippen molar-refractivity contribution < 1.29 is 69.5 Å². The van der Waals surface area contributed by atoms with Crippen molar-refractivity contribution in [2.45, 2.75) is 0 Å². The minimum Gasteiger partial charge on any atom is -0.220 e. The molecule has 2 aromatic carbocycles. The summed E-state index contributed by atoms with van der Waals surface area (Å²) in [7, 11) is -12.0. The van der Waals surface area contributed by atoms with Crippen molar-refractivity contribution in [2.24, 2.45) is 0 Å². The molecule has 0 bridgehead atoms. The number of halogens is 12. The van der Waals surface area contributed by atoms with Crippen LogP contribution in [0.25, 0.3) is 12.2 Å². The van der Waals surface area contributed by atoms with Gasteiger partial charge in [0.2, 0.25) is 41.6 Å². The highest BCUT2D eigenvalue weighted by atomic mass is 32.3. The van der Waals surface area contributed by atoms with E-state index in [-0.39, 0.29) is 0 Å². The molecule has 4 nitrogen and oxygen atoms in total. The molecule has 35 heavy (non-hydrogen) atoms. The summed E-state index contributed by atoms with van der Waals surface area (Å²) in [5, 5.41) is -8.45. The molecule has 0 saturated carbocycles. The summed E-state index contributed by atoms with van der Waals surface area (Å²) < 4.78 is 208. The number of benzene rings is 2. The highest BCUT2D eigenvalue weighted by molar-refractivity contribution is 8.11. The first kappa shape index (κ1) is 28.2. The zero-order valence-electron chi connectivity index (χ0n) is 15.8. The molecule has 18 heteroatoms. The fourth-order valence-corrected chi connectivity index (χ4v) is 5.35. The lowest BCUT2D eigenvalue weighted by molar-refractivity contribution is 0.376. The summed E-state index contributed by atoms with van der Waals surface area (Å²) in [5.41, 5.74) is -4.34. The fourth-order valence-electron chi connectivity index (χ4n) is 2.22. The molecule has 0 atom stereocenters. The van der Waals surface area contributed by atoms with Gasteiger partial charge in [-0.2, -0.15) is 8.78 Å². The van der Waals surface area contributed by atoms with Crippen molar-refractivity contribution >= 4 is 31.8 Å². The minimum absolute atomic E-state index is 0.827. The average Bonchev–Trinajstić information content (AvgIpc) is 2.78. The van der Waals surface area contributed by atoms with Gasteiger partial charge in [-0.1, -0.05) is 0 Å². The zero-order chi connectivity index (χ0) is 27.2. The number of rotatable bonds is 6. The highest BCUT2D eigenvalue weighted by Crippen LogP contribution is 2.29. The SMILES string of the molecule is O=S(=O)(CS(=O)(=O)C(F)=Cc1c(F)c(F)c(F)c(F)c1F)C(F)=Cc1c(F)c(F)c(F)c(F)c1F. The zero-order valence-corrected chi connectivity index (χ0v) is 17.5. The maximum absolute atomic E-state index is 14.0. The van der Waals surface area contributed by atoms with Gasteiger partial charge in [-0.05, 0) is 12.2 Å². The fraction of sp³-hybridized carbons (Fsp3) is 0.0588. The molecule has 0 spiro atoms. The molecule has 0 aliphatic rings. The second kappa shape index (κ2) is 9.56. The summed E-state index contributed by atoms with van der Waals surface area (Å²) in [6.07, 6.45) is -1.65. The van der Waals surface area contributed by atoms with Gasteiger partial charge in [-0.15, -0.1) is 0 Å². The monoisotopic (exact) mass is 564 g/mol. The third-order valence-electron chi connectivity index (χ3n) is 3.91. The predicted molar refractivity (Wildman–Crippen MR) is 93.3 cm³/mol. The van der Waals surface area contributed by atoms with Gasteiger partial charge in [0.15, 0.2) is 51.6 Å². The molecular formula is C17H4F12O4S2. The number of hydrogen-bond donors (Lipinski definition) is 0. The van der Waals surface area contributed by atoms with E-state index in [1.807, 2.05) is 0 Å². The molecule has 0 amide bonds. The van der Waals surface area contributed by atoms with E-state index in [4.69, 9.17) is 0 Å². The topological polar surface area (TPSA) is 68.3 Å². The Morgan fingerprint density at radius 2 is 0.657 bits per heavy atom. The van der Waals surface area contributed by atoms with E-state index in [1.54, 1.807) is 0 Å². The first-order valence-corrected chi connectivity index (χ1v) is 11.4. The van der Waals surface area contributed by atoms with Gasteiger partial charge in [0.1, 0.15) is 0 Å². The molecule has 0 fully saturated rings. The third kappa shape index (κ3) is 5.16. The Bertz CT molecular complexity index is 1340. The van der Waals surface area contributed by atoms with Crippen LogP contribution in [0.2, 0.25) is 0 Å². The lowest BCUT2D eigenvalue weighted by atomic mass is 10.1. The van der Waals surface area contributed by atoms with E-state index < -0.39 is 117 Å². The average molecular weight is 564 g/mol. The standard InChI is InChI=1S/C17H4F12O4S2/c18-6(1-4-8(20)12(24)16(28)13(25)9(4)21)34(30,31)3-35(32,33)7(19)2-5-10(22)14(26)17(29)15(27)11(5)23/h1-2H,3H2. The molecule has 0 aliphatic heterocycles. The molecule has 0 unspecified atom stereocenters. The normalized spacial score (nSPS) is 13.5. The Kier molecular flexibility index (Phi) is 7.70. The van der Waals surface area contributed by atoms with Crippen LogP contribution >= 0.6 is 0 Å². The van der Waals surface area contributed by atoms with Gasteiger partial charge in [-0.25, -0.2) is 60.7 Å². The molecule has 0 N–H and O–H groups in total.